The van der Waals surface area contributed by atoms with Crippen LogP contribution < -0.4 is 10.1 Å². The van der Waals surface area contributed by atoms with Crippen LogP contribution in [0.5, 0.6) is 5.75 Å². The normalized spacial score (nSPS) is 9.94. The SMILES string of the molecule is COCCOc1ccc(C)cc1NC(C)=O. The second-order valence-corrected chi connectivity index (χ2v) is 3.52. The molecule has 0 aromatic heterocycles. The number of hydrogen-bond acceptors (Lipinski definition) is 3. The maximum Gasteiger partial charge on any atom is 0.221 e. The van der Waals surface area contributed by atoms with E-state index in [4.69, 9.17) is 9.47 Å². The van der Waals surface area contributed by atoms with E-state index in [0.29, 0.717) is 24.7 Å². The van der Waals surface area contributed by atoms with E-state index in [9.17, 15) is 4.79 Å². The second kappa shape index (κ2) is 6.12. The number of aryl methyl sites for hydroxylation is 1. The minimum atomic E-state index is -0.109. The number of hydrogen-bond donors (Lipinski definition) is 1. The van der Waals surface area contributed by atoms with Crippen LogP contribution in [0.3, 0.4) is 0 Å². The van der Waals surface area contributed by atoms with Crippen molar-refractivity contribution in [3.05, 3.63) is 23.8 Å². The molecule has 0 saturated heterocycles. The van der Waals surface area contributed by atoms with Gasteiger partial charge in [-0.05, 0) is 24.6 Å². The van der Waals surface area contributed by atoms with E-state index in [1.54, 1.807) is 7.11 Å². The van der Waals surface area contributed by atoms with Gasteiger partial charge in [-0.3, -0.25) is 4.79 Å². The lowest BCUT2D eigenvalue weighted by Crippen LogP contribution is -2.10. The third kappa shape index (κ3) is 3.90. The molecule has 0 radical (unpaired) electrons. The van der Waals surface area contributed by atoms with Gasteiger partial charge in [-0.25, -0.2) is 0 Å². The first-order valence-corrected chi connectivity index (χ1v) is 5.13. The van der Waals surface area contributed by atoms with Crippen molar-refractivity contribution in [3.8, 4) is 5.75 Å². The fraction of sp³-hybridized carbons (Fsp3) is 0.417. The molecule has 0 saturated carbocycles. The van der Waals surface area contributed by atoms with Crippen LogP contribution in [0.2, 0.25) is 0 Å². The van der Waals surface area contributed by atoms with Gasteiger partial charge < -0.3 is 14.8 Å². The monoisotopic (exact) mass is 223 g/mol. The first kappa shape index (κ1) is 12.5. The minimum Gasteiger partial charge on any atom is -0.489 e. The van der Waals surface area contributed by atoms with Crippen LogP contribution in [0.15, 0.2) is 18.2 Å². The molecule has 0 aliphatic heterocycles. The Morgan fingerprint density at radius 2 is 2.12 bits per heavy atom. The topological polar surface area (TPSA) is 47.6 Å². The quantitative estimate of drug-likeness (QED) is 0.776. The first-order valence-electron chi connectivity index (χ1n) is 5.13. The lowest BCUT2D eigenvalue weighted by Gasteiger charge is -2.12. The summed E-state index contributed by atoms with van der Waals surface area (Å²) in [5.41, 5.74) is 1.77. The summed E-state index contributed by atoms with van der Waals surface area (Å²) in [6.07, 6.45) is 0. The van der Waals surface area contributed by atoms with Crippen LogP contribution in [0, 0.1) is 6.92 Å². The predicted octanol–water partition coefficient (Wildman–Crippen LogP) is 1.98. The summed E-state index contributed by atoms with van der Waals surface area (Å²) >= 11 is 0. The van der Waals surface area contributed by atoms with Gasteiger partial charge in [0.05, 0.1) is 12.3 Å². The van der Waals surface area contributed by atoms with Crippen LogP contribution in [0.25, 0.3) is 0 Å². The Kier molecular flexibility index (Phi) is 4.79. The molecular formula is C12H17NO3. The molecule has 1 aromatic rings. The Labute approximate surface area is 95.6 Å². The molecule has 16 heavy (non-hydrogen) atoms. The zero-order chi connectivity index (χ0) is 12.0. The maximum absolute atomic E-state index is 11.0. The second-order valence-electron chi connectivity index (χ2n) is 3.52. The number of methoxy groups -OCH3 is 1. The summed E-state index contributed by atoms with van der Waals surface area (Å²) < 4.78 is 10.4. The molecule has 1 N–H and O–H groups in total. The Balaban J connectivity index is 2.76. The van der Waals surface area contributed by atoms with Crippen molar-refractivity contribution in [2.24, 2.45) is 0 Å². The van der Waals surface area contributed by atoms with Crippen LogP contribution >= 0.6 is 0 Å². The van der Waals surface area contributed by atoms with E-state index >= 15 is 0 Å². The third-order valence-corrected chi connectivity index (χ3v) is 1.99. The highest BCUT2D eigenvalue weighted by Gasteiger charge is 2.05. The fourth-order valence-electron chi connectivity index (χ4n) is 1.29. The molecule has 0 atom stereocenters. The minimum absolute atomic E-state index is 0.109. The summed E-state index contributed by atoms with van der Waals surface area (Å²) in [4.78, 5) is 11.0. The van der Waals surface area contributed by atoms with E-state index in [0.717, 1.165) is 5.56 Å². The molecule has 4 nitrogen and oxygen atoms in total. The predicted molar refractivity (Wildman–Crippen MR) is 62.9 cm³/mol. The molecule has 4 heteroatoms. The van der Waals surface area contributed by atoms with Gasteiger partial charge in [0.2, 0.25) is 5.91 Å². The number of ether oxygens (including phenoxy) is 2. The Morgan fingerprint density at radius 1 is 1.38 bits per heavy atom. The number of carbonyl (C=O) groups is 1. The molecule has 1 aromatic carbocycles. The highest BCUT2D eigenvalue weighted by molar-refractivity contribution is 5.90. The van der Waals surface area contributed by atoms with Gasteiger partial charge in [0.1, 0.15) is 12.4 Å². The van der Waals surface area contributed by atoms with Crippen molar-refractivity contribution in [3.63, 3.8) is 0 Å². The molecule has 0 bridgehead atoms. The van der Waals surface area contributed by atoms with E-state index in [1.165, 1.54) is 6.92 Å². The number of benzene rings is 1. The molecule has 1 rings (SSSR count). The van der Waals surface area contributed by atoms with Crippen molar-refractivity contribution in [2.75, 3.05) is 25.6 Å². The van der Waals surface area contributed by atoms with E-state index in [-0.39, 0.29) is 5.91 Å². The van der Waals surface area contributed by atoms with Crippen molar-refractivity contribution in [1.82, 2.24) is 0 Å². The fourth-order valence-corrected chi connectivity index (χ4v) is 1.29. The summed E-state index contributed by atoms with van der Waals surface area (Å²) in [6, 6.07) is 5.66. The molecule has 0 fully saturated rings. The smallest absolute Gasteiger partial charge is 0.221 e. The molecule has 0 aliphatic rings. The molecule has 0 aliphatic carbocycles. The number of carbonyl (C=O) groups excluding carboxylic acids is 1. The van der Waals surface area contributed by atoms with Gasteiger partial charge in [0.15, 0.2) is 0 Å². The zero-order valence-corrected chi connectivity index (χ0v) is 9.87. The summed E-state index contributed by atoms with van der Waals surface area (Å²) in [5, 5.41) is 2.74. The van der Waals surface area contributed by atoms with Crippen molar-refractivity contribution in [2.45, 2.75) is 13.8 Å². The lowest BCUT2D eigenvalue weighted by molar-refractivity contribution is -0.114. The molecule has 0 heterocycles. The average Bonchev–Trinajstić information content (AvgIpc) is 2.20. The number of nitrogens with one attached hydrogen (secondary N) is 1. The van der Waals surface area contributed by atoms with Crippen molar-refractivity contribution < 1.29 is 14.3 Å². The van der Waals surface area contributed by atoms with Gasteiger partial charge in [-0.1, -0.05) is 6.07 Å². The average molecular weight is 223 g/mol. The van der Waals surface area contributed by atoms with Crippen LogP contribution in [0.4, 0.5) is 5.69 Å². The summed E-state index contributed by atoms with van der Waals surface area (Å²) in [5.74, 6) is 0.556. The van der Waals surface area contributed by atoms with Gasteiger partial charge in [-0.15, -0.1) is 0 Å². The van der Waals surface area contributed by atoms with E-state index in [1.807, 2.05) is 25.1 Å². The van der Waals surface area contributed by atoms with Crippen LogP contribution in [-0.4, -0.2) is 26.2 Å². The van der Waals surface area contributed by atoms with Crippen LogP contribution in [0.1, 0.15) is 12.5 Å². The number of amides is 1. The van der Waals surface area contributed by atoms with Gasteiger partial charge in [0, 0.05) is 14.0 Å². The highest BCUT2D eigenvalue weighted by Crippen LogP contribution is 2.25. The standard InChI is InChI=1S/C12H17NO3/c1-9-4-5-12(16-7-6-15-3)11(8-9)13-10(2)14/h4-5,8H,6-7H2,1-3H3,(H,13,14). The van der Waals surface area contributed by atoms with Crippen LogP contribution in [-0.2, 0) is 9.53 Å². The van der Waals surface area contributed by atoms with Gasteiger partial charge >= 0.3 is 0 Å². The number of anilines is 1. The highest BCUT2D eigenvalue weighted by atomic mass is 16.5. The number of rotatable bonds is 5. The van der Waals surface area contributed by atoms with E-state index in [2.05, 4.69) is 5.32 Å². The van der Waals surface area contributed by atoms with Gasteiger partial charge in [-0.2, -0.15) is 0 Å². The van der Waals surface area contributed by atoms with Crippen molar-refractivity contribution in [1.29, 1.82) is 0 Å². The molecule has 1 amide bonds. The maximum atomic E-state index is 11.0. The lowest BCUT2D eigenvalue weighted by atomic mass is 10.2. The van der Waals surface area contributed by atoms with Crippen molar-refractivity contribution >= 4 is 11.6 Å². The Hall–Kier alpha value is -1.55. The Bertz CT molecular complexity index is 363. The molecular weight excluding hydrogens is 206 g/mol. The molecule has 88 valence electrons. The van der Waals surface area contributed by atoms with Gasteiger partial charge in [0.25, 0.3) is 0 Å². The summed E-state index contributed by atoms with van der Waals surface area (Å²) in [7, 11) is 1.62. The molecule has 0 unspecified atom stereocenters. The summed E-state index contributed by atoms with van der Waals surface area (Å²) in [6.45, 7) is 4.42. The zero-order valence-electron chi connectivity index (χ0n) is 9.87. The van der Waals surface area contributed by atoms with E-state index < -0.39 is 0 Å². The Morgan fingerprint density at radius 3 is 2.75 bits per heavy atom. The third-order valence-electron chi connectivity index (χ3n) is 1.99. The molecule has 0 spiro atoms. The largest absolute Gasteiger partial charge is 0.489 e. The first-order chi connectivity index (χ1) is 7.63.